The van der Waals surface area contributed by atoms with Crippen molar-refractivity contribution in [2.75, 3.05) is 19.6 Å². The number of likely N-dealkylation sites (tertiary alicyclic amines) is 1. The number of hydrogen-bond acceptors (Lipinski definition) is 4. The highest BCUT2D eigenvalue weighted by Gasteiger charge is 2.22. The van der Waals surface area contributed by atoms with E-state index < -0.39 is 0 Å². The summed E-state index contributed by atoms with van der Waals surface area (Å²) in [5, 5.41) is 3.32. The molecule has 0 bridgehead atoms. The molecule has 1 aliphatic rings. The average Bonchev–Trinajstić information content (AvgIpc) is 2.67. The summed E-state index contributed by atoms with van der Waals surface area (Å²) in [5.74, 6) is 1.01. The van der Waals surface area contributed by atoms with E-state index in [-0.39, 0.29) is 17.5 Å². The van der Waals surface area contributed by atoms with E-state index in [1.54, 1.807) is 0 Å². The van der Waals surface area contributed by atoms with Crippen LogP contribution in [0, 0.1) is 5.92 Å². The number of hydrogen-bond donors (Lipinski definition) is 1. The topological polar surface area (TPSA) is 58.1 Å². The molecule has 2 aromatic rings. The molecule has 5 nitrogen and oxygen atoms in total. The summed E-state index contributed by atoms with van der Waals surface area (Å²) in [6.07, 6.45) is 3.79. The number of rotatable bonds is 6. The van der Waals surface area contributed by atoms with E-state index in [2.05, 4.69) is 44.5 Å². The van der Waals surface area contributed by atoms with Crippen molar-refractivity contribution in [3.8, 4) is 0 Å². The summed E-state index contributed by atoms with van der Waals surface area (Å²) in [5.41, 5.74) is 1.60. The number of benzene rings is 1. The van der Waals surface area contributed by atoms with Gasteiger partial charge in [0.05, 0.1) is 11.2 Å². The lowest BCUT2D eigenvalue weighted by molar-refractivity contribution is 0.0925. The number of nitrogens with zero attached hydrogens (tertiary/aromatic N) is 3. The van der Waals surface area contributed by atoms with Gasteiger partial charge in [-0.15, -0.1) is 0 Å². The monoisotopic (exact) mass is 386 g/mol. The summed E-state index contributed by atoms with van der Waals surface area (Å²) >= 11 is 6.14. The van der Waals surface area contributed by atoms with Crippen LogP contribution in [0.15, 0.2) is 36.5 Å². The van der Waals surface area contributed by atoms with Crippen LogP contribution in [0.5, 0.6) is 0 Å². The molecule has 0 saturated carbocycles. The molecule has 1 aromatic heterocycles. The molecular formula is C21H27ClN4O. The van der Waals surface area contributed by atoms with Crippen LogP contribution in [-0.2, 0) is 6.54 Å². The zero-order valence-electron chi connectivity index (χ0n) is 16.0. The minimum Gasteiger partial charge on any atom is -0.350 e. The Morgan fingerprint density at radius 3 is 2.85 bits per heavy atom. The number of aromatic nitrogens is 2. The molecule has 1 N–H and O–H groups in total. The predicted molar refractivity (Wildman–Crippen MR) is 108 cm³/mol. The van der Waals surface area contributed by atoms with Gasteiger partial charge in [0.1, 0.15) is 11.5 Å². The Balaban J connectivity index is 1.55. The second kappa shape index (κ2) is 9.29. The van der Waals surface area contributed by atoms with Crippen LogP contribution in [0.2, 0.25) is 5.02 Å². The van der Waals surface area contributed by atoms with Crippen LogP contribution in [-0.4, -0.2) is 40.4 Å². The molecule has 3 rings (SSSR count). The molecule has 1 amide bonds. The first kappa shape index (κ1) is 19.8. The molecule has 1 aliphatic heterocycles. The molecule has 1 fully saturated rings. The normalized spacial score (nSPS) is 17.9. The van der Waals surface area contributed by atoms with Crippen molar-refractivity contribution in [3.05, 3.63) is 58.6 Å². The van der Waals surface area contributed by atoms with Gasteiger partial charge in [0.15, 0.2) is 0 Å². The van der Waals surface area contributed by atoms with Crippen molar-refractivity contribution in [2.45, 2.75) is 39.2 Å². The SMILES string of the molecule is CC(C)c1ncc(Cl)c(C(=O)NC[C@H]2CCCN(Cc3ccccc3)C2)n1. The second-order valence-electron chi connectivity index (χ2n) is 7.52. The maximum atomic E-state index is 12.6. The van der Waals surface area contributed by atoms with E-state index in [0.717, 1.165) is 32.5 Å². The van der Waals surface area contributed by atoms with Gasteiger partial charge in [-0.3, -0.25) is 9.69 Å². The van der Waals surface area contributed by atoms with Crippen molar-refractivity contribution in [2.24, 2.45) is 5.92 Å². The van der Waals surface area contributed by atoms with Gasteiger partial charge in [-0.1, -0.05) is 55.8 Å². The Labute approximate surface area is 166 Å². The first-order valence-electron chi connectivity index (χ1n) is 9.60. The second-order valence-corrected chi connectivity index (χ2v) is 7.93. The fourth-order valence-corrected chi connectivity index (χ4v) is 3.62. The number of nitrogens with one attached hydrogen (secondary N) is 1. The van der Waals surface area contributed by atoms with E-state index in [1.807, 2.05) is 19.9 Å². The molecule has 0 aliphatic carbocycles. The first-order chi connectivity index (χ1) is 13.0. The van der Waals surface area contributed by atoms with E-state index in [1.165, 1.54) is 11.8 Å². The van der Waals surface area contributed by atoms with Gasteiger partial charge >= 0.3 is 0 Å². The predicted octanol–water partition coefficient (Wildman–Crippen LogP) is 3.90. The Bertz CT molecular complexity index is 766. The largest absolute Gasteiger partial charge is 0.350 e. The standard InChI is InChI=1S/C21H27ClN4O/c1-15(2)20-23-12-18(22)19(25-20)21(27)24-11-17-9-6-10-26(14-17)13-16-7-4-3-5-8-16/h3-5,7-8,12,15,17H,6,9-11,13-14H2,1-2H3,(H,24,27)/t17-/m1/s1. The highest BCUT2D eigenvalue weighted by atomic mass is 35.5. The van der Waals surface area contributed by atoms with Gasteiger partial charge in [0, 0.05) is 25.6 Å². The number of carbonyl (C=O) groups is 1. The van der Waals surface area contributed by atoms with Crippen molar-refractivity contribution in [3.63, 3.8) is 0 Å². The molecule has 0 radical (unpaired) electrons. The Kier molecular flexibility index (Phi) is 6.80. The molecule has 2 heterocycles. The molecule has 1 atom stereocenters. The van der Waals surface area contributed by atoms with Crippen LogP contribution in [0.4, 0.5) is 0 Å². The van der Waals surface area contributed by atoms with Crippen molar-refractivity contribution in [1.29, 1.82) is 0 Å². The Morgan fingerprint density at radius 2 is 2.11 bits per heavy atom. The number of halogens is 1. The Morgan fingerprint density at radius 1 is 1.33 bits per heavy atom. The maximum Gasteiger partial charge on any atom is 0.271 e. The number of piperidine rings is 1. The molecule has 27 heavy (non-hydrogen) atoms. The van der Waals surface area contributed by atoms with Crippen molar-refractivity contribution < 1.29 is 4.79 Å². The van der Waals surface area contributed by atoms with Gasteiger partial charge < -0.3 is 5.32 Å². The summed E-state index contributed by atoms with van der Waals surface area (Å²) < 4.78 is 0. The summed E-state index contributed by atoms with van der Waals surface area (Å²) in [7, 11) is 0. The number of amides is 1. The van der Waals surface area contributed by atoms with Gasteiger partial charge in [0.2, 0.25) is 0 Å². The molecular weight excluding hydrogens is 360 g/mol. The molecule has 1 saturated heterocycles. The zero-order valence-corrected chi connectivity index (χ0v) is 16.7. The smallest absolute Gasteiger partial charge is 0.271 e. The summed E-state index contributed by atoms with van der Waals surface area (Å²) in [4.78, 5) is 23.6. The van der Waals surface area contributed by atoms with Gasteiger partial charge in [0.25, 0.3) is 5.91 Å². The van der Waals surface area contributed by atoms with E-state index >= 15 is 0 Å². The molecule has 0 spiro atoms. The van der Waals surface area contributed by atoms with E-state index in [9.17, 15) is 4.79 Å². The van der Waals surface area contributed by atoms with Crippen LogP contribution in [0.25, 0.3) is 0 Å². The van der Waals surface area contributed by atoms with Crippen molar-refractivity contribution in [1.82, 2.24) is 20.2 Å². The van der Waals surface area contributed by atoms with Crippen LogP contribution in [0.3, 0.4) is 0 Å². The van der Waals surface area contributed by atoms with Crippen molar-refractivity contribution >= 4 is 17.5 Å². The average molecular weight is 387 g/mol. The Hall–Kier alpha value is -1.98. The van der Waals surface area contributed by atoms with Crippen LogP contribution in [0.1, 0.15) is 54.5 Å². The lowest BCUT2D eigenvalue weighted by Crippen LogP contribution is -2.40. The lowest BCUT2D eigenvalue weighted by atomic mass is 9.97. The third-order valence-electron chi connectivity index (χ3n) is 4.90. The molecule has 0 unspecified atom stereocenters. The summed E-state index contributed by atoms with van der Waals surface area (Å²) in [6.45, 7) is 7.68. The number of carbonyl (C=O) groups excluding carboxylic acids is 1. The molecule has 6 heteroatoms. The maximum absolute atomic E-state index is 12.6. The van der Waals surface area contributed by atoms with Gasteiger partial charge in [-0.25, -0.2) is 9.97 Å². The van der Waals surface area contributed by atoms with Gasteiger partial charge in [-0.05, 0) is 30.9 Å². The van der Waals surface area contributed by atoms with E-state index in [4.69, 9.17) is 11.6 Å². The molecule has 1 aromatic carbocycles. The molecule has 144 valence electrons. The third-order valence-corrected chi connectivity index (χ3v) is 5.17. The van der Waals surface area contributed by atoms with Crippen LogP contribution < -0.4 is 5.32 Å². The third kappa shape index (κ3) is 5.50. The highest BCUT2D eigenvalue weighted by Crippen LogP contribution is 2.19. The summed E-state index contributed by atoms with van der Waals surface area (Å²) in [6, 6.07) is 10.5. The highest BCUT2D eigenvalue weighted by molar-refractivity contribution is 6.33. The first-order valence-corrected chi connectivity index (χ1v) is 9.97. The fourth-order valence-electron chi connectivity index (χ4n) is 3.44. The van der Waals surface area contributed by atoms with Gasteiger partial charge in [-0.2, -0.15) is 0 Å². The van der Waals surface area contributed by atoms with E-state index in [0.29, 0.717) is 23.3 Å². The van der Waals surface area contributed by atoms with Crippen LogP contribution >= 0.6 is 11.6 Å². The minimum absolute atomic E-state index is 0.152. The fraction of sp³-hybridized carbons (Fsp3) is 0.476. The lowest BCUT2D eigenvalue weighted by Gasteiger charge is -2.32. The minimum atomic E-state index is -0.218. The quantitative estimate of drug-likeness (QED) is 0.818. The zero-order chi connectivity index (χ0) is 19.2.